The topological polar surface area (TPSA) is 57.6 Å². The van der Waals surface area contributed by atoms with Crippen LogP contribution in [0.5, 0.6) is 0 Å². The summed E-state index contributed by atoms with van der Waals surface area (Å²) in [6, 6.07) is 3.13. The predicted octanol–water partition coefficient (Wildman–Crippen LogP) is 2.04. The van der Waals surface area contributed by atoms with Crippen LogP contribution in [0.4, 0.5) is 4.39 Å². The van der Waals surface area contributed by atoms with Gasteiger partial charge in [-0.1, -0.05) is 11.6 Å². The molecule has 1 aromatic rings. The van der Waals surface area contributed by atoms with Crippen LogP contribution in [-0.4, -0.2) is 40.6 Å². The Hall–Kier alpha value is -1.14. The van der Waals surface area contributed by atoms with Crippen LogP contribution in [0, 0.1) is 0 Å². The van der Waals surface area contributed by atoms with E-state index < -0.39 is 18.2 Å². The van der Waals surface area contributed by atoms with Gasteiger partial charge in [0.1, 0.15) is 0 Å². The van der Waals surface area contributed by atoms with Gasteiger partial charge in [0, 0.05) is 13.0 Å². The maximum Gasteiger partial charge on any atom is 0.343 e. The molecule has 2 heterocycles. The van der Waals surface area contributed by atoms with Gasteiger partial charge in [-0.2, -0.15) is 0 Å². The van der Waals surface area contributed by atoms with Crippen LogP contribution in [0.3, 0.4) is 0 Å². The summed E-state index contributed by atoms with van der Waals surface area (Å²) < 4.78 is 14.2. The van der Waals surface area contributed by atoms with Crippen molar-refractivity contribution >= 4 is 34.8 Å². The summed E-state index contributed by atoms with van der Waals surface area (Å²) in [5.74, 6) is -1.89. The van der Waals surface area contributed by atoms with E-state index in [1.165, 1.54) is 4.90 Å². The third-order valence-electron chi connectivity index (χ3n) is 2.67. The first-order chi connectivity index (χ1) is 7.92. The molecule has 92 valence electrons. The molecule has 1 fully saturated rings. The van der Waals surface area contributed by atoms with Crippen molar-refractivity contribution in [3.8, 4) is 0 Å². The fourth-order valence-electron chi connectivity index (χ4n) is 1.71. The first kappa shape index (κ1) is 12.3. The molecule has 4 nitrogen and oxygen atoms in total. The van der Waals surface area contributed by atoms with Crippen molar-refractivity contribution in [2.24, 2.45) is 0 Å². The smallest absolute Gasteiger partial charge is 0.343 e. The number of halogens is 2. The highest BCUT2D eigenvalue weighted by Gasteiger charge is 2.47. The lowest BCUT2D eigenvalue weighted by molar-refractivity contribution is -0.149. The highest BCUT2D eigenvalue weighted by atomic mass is 35.5. The molecule has 1 aliphatic rings. The maximum atomic E-state index is 13.8. The molecule has 1 amide bonds. The van der Waals surface area contributed by atoms with E-state index in [2.05, 4.69) is 0 Å². The third-order valence-corrected chi connectivity index (χ3v) is 3.89. The fraction of sp³-hybridized carbons (Fsp3) is 0.400. The Labute approximate surface area is 106 Å². The number of carboxylic acids is 1. The first-order valence-electron chi connectivity index (χ1n) is 4.89. The molecule has 1 atom stereocenters. The molecule has 2 rings (SSSR count). The molecule has 0 saturated carbocycles. The summed E-state index contributed by atoms with van der Waals surface area (Å²) in [6.45, 7) is -0.298. The molecule has 1 aromatic heterocycles. The van der Waals surface area contributed by atoms with Crippen LogP contribution >= 0.6 is 22.9 Å². The second-order valence-electron chi connectivity index (χ2n) is 3.85. The molecule has 1 unspecified atom stereocenters. The van der Waals surface area contributed by atoms with Crippen molar-refractivity contribution in [2.45, 2.75) is 12.1 Å². The molecular weight excluding hydrogens is 269 g/mol. The van der Waals surface area contributed by atoms with E-state index >= 15 is 0 Å². The molecule has 0 aromatic carbocycles. The number of carbonyl (C=O) groups is 2. The molecule has 0 aliphatic carbocycles. The van der Waals surface area contributed by atoms with Crippen molar-refractivity contribution in [1.82, 2.24) is 4.90 Å². The average molecular weight is 278 g/mol. The number of amides is 1. The van der Waals surface area contributed by atoms with Gasteiger partial charge >= 0.3 is 5.97 Å². The lowest BCUT2D eigenvalue weighted by Crippen LogP contribution is -2.38. The van der Waals surface area contributed by atoms with Gasteiger partial charge in [0.25, 0.3) is 5.91 Å². The number of hydrogen-bond acceptors (Lipinski definition) is 3. The number of likely N-dealkylation sites (tertiary alicyclic amines) is 1. The van der Waals surface area contributed by atoms with E-state index in [4.69, 9.17) is 16.7 Å². The largest absolute Gasteiger partial charge is 0.479 e. The summed E-state index contributed by atoms with van der Waals surface area (Å²) in [5.41, 5.74) is -2.32. The standard InChI is InChI=1S/C10H9ClFNO3S/c11-7-2-1-6(17-7)8(14)13-4-3-10(12,5-13)9(15)16/h1-2H,3-5H2,(H,15,16). The molecule has 7 heteroatoms. The zero-order valence-electron chi connectivity index (χ0n) is 8.65. The molecule has 1 aliphatic heterocycles. The lowest BCUT2D eigenvalue weighted by Gasteiger charge is -2.16. The minimum absolute atomic E-state index is 0.108. The molecule has 0 spiro atoms. The fourth-order valence-corrected chi connectivity index (χ4v) is 2.72. The van der Waals surface area contributed by atoms with Gasteiger partial charge in [0.05, 0.1) is 15.8 Å². The summed E-state index contributed by atoms with van der Waals surface area (Å²) in [5, 5.41) is 8.72. The number of nitrogens with zero attached hydrogens (tertiary/aromatic N) is 1. The van der Waals surface area contributed by atoms with Crippen molar-refractivity contribution in [2.75, 3.05) is 13.1 Å². The maximum absolute atomic E-state index is 13.8. The second kappa shape index (κ2) is 4.27. The monoisotopic (exact) mass is 277 g/mol. The zero-order chi connectivity index (χ0) is 12.6. The van der Waals surface area contributed by atoms with E-state index in [9.17, 15) is 14.0 Å². The Bertz CT molecular complexity index is 478. The van der Waals surface area contributed by atoms with E-state index in [0.717, 1.165) is 11.3 Å². The number of aliphatic carboxylic acids is 1. The Kier molecular flexibility index (Phi) is 3.09. The molecular formula is C10H9ClFNO3S. The van der Waals surface area contributed by atoms with E-state index in [1.807, 2.05) is 0 Å². The molecule has 0 radical (unpaired) electrons. The Morgan fingerprint density at radius 2 is 2.24 bits per heavy atom. The van der Waals surface area contributed by atoms with Crippen molar-refractivity contribution < 1.29 is 19.1 Å². The van der Waals surface area contributed by atoms with Crippen LogP contribution in [0.15, 0.2) is 12.1 Å². The van der Waals surface area contributed by atoms with Gasteiger partial charge in [-0.05, 0) is 12.1 Å². The SMILES string of the molecule is O=C(c1ccc(Cl)s1)N1CCC(F)(C(=O)O)C1. The minimum atomic E-state index is -2.32. The third kappa shape index (κ3) is 2.28. The number of carboxylic acid groups (broad SMARTS) is 1. The first-order valence-corrected chi connectivity index (χ1v) is 6.09. The highest BCUT2D eigenvalue weighted by molar-refractivity contribution is 7.17. The van der Waals surface area contributed by atoms with Crippen molar-refractivity contribution in [1.29, 1.82) is 0 Å². The van der Waals surface area contributed by atoms with Crippen LogP contribution in [0.2, 0.25) is 4.34 Å². The second-order valence-corrected chi connectivity index (χ2v) is 5.57. The summed E-state index contributed by atoms with van der Waals surface area (Å²) in [4.78, 5) is 24.2. The average Bonchev–Trinajstić information content (AvgIpc) is 2.85. The van der Waals surface area contributed by atoms with Crippen LogP contribution in [-0.2, 0) is 4.79 Å². The van der Waals surface area contributed by atoms with Crippen molar-refractivity contribution in [3.05, 3.63) is 21.3 Å². The van der Waals surface area contributed by atoms with Crippen LogP contribution in [0.1, 0.15) is 16.1 Å². The van der Waals surface area contributed by atoms with Crippen molar-refractivity contribution in [3.63, 3.8) is 0 Å². The van der Waals surface area contributed by atoms with Gasteiger partial charge in [-0.3, -0.25) is 4.79 Å². The Balaban J connectivity index is 2.11. The summed E-state index contributed by atoms with van der Waals surface area (Å²) in [6.07, 6.45) is -0.173. The van der Waals surface area contributed by atoms with Gasteiger partial charge in [0.15, 0.2) is 0 Å². The normalized spacial score (nSPS) is 24.0. The number of alkyl halides is 1. The van der Waals surface area contributed by atoms with E-state index in [1.54, 1.807) is 12.1 Å². The zero-order valence-corrected chi connectivity index (χ0v) is 10.2. The molecule has 17 heavy (non-hydrogen) atoms. The Morgan fingerprint density at radius 3 is 2.71 bits per heavy atom. The summed E-state index contributed by atoms with van der Waals surface area (Å²) >= 11 is 6.79. The van der Waals surface area contributed by atoms with Gasteiger partial charge in [-0.15, -0.1) is 11.3 Å². The molecule has 1 N–H and O–H groups in total. The number of thiophene rings is 1. The quantitative estimate of drug-likeness (QED) is 0.900. The van der Waals surface area contributed by atoms with Crippen LogP contribution < -0.4 is 0 Å². The predicted molar refractivity (Wildman–Crippen MR) is 61.3 cm³/mol. The minimum Gasteiger partial charge on any atom is -0.479 e. The van der Waals surface area contributed by atoms with Gasteiger partial charge < -0.3 is 10.0 Å². The van der Waals surface area contributed by atoms with E-state index in [-0.39, 0.29) is 18.9 Å². The number of carbonyl (C=O) groups excluding carboxylic acids is 1. The molecule has 0 bridgehead atoms. The van der Waals surface area contributed by atoms with Crippen LogP contribution in [0.25, 0.3) is 0 Å². The van der Waals surface area contributed by atoms with Gasteiger partial charge in [0.2, 0.25) is 5.67 Å². The number of rotatable bonds is 2. The Morgan fingerprint density at radius 1 is 1.53 bits per heavy atom. The molecule has 1 saturated heterocycles. The lowest BCUT2D eigenvalue weighted by atomic mass is 10.1. The number of hydrogen-bond donors (Lipinski definition) is 1. The van der Waals surface area contributed by atoms with E-state index in [0.29, 0.717) is 9.21 Å². The highest BCUT2D eigenvalue weighted by Crippen LogP contribution is 2.29. The summed E-state index contributed by atoms with van der Waals surface area (Å²) in [7, 11) is 0. The van der Waals surface area contributed by atoms with Gasteiger partial charge in [-0.25, -0.2) is 9.18 Å².